The van der Waals surface area contributed by atoms with Gasteiger partial charge in [0.1, 0.15) is 6.61 Å². The van der Waals surface area contributed by atoms with Gasteiger partial charge in [-0.2, -0.15) is 0 Å². The van der Waals surface area contributed by atoms with Crippen molar-refractivity contribution in [1.29, 1.82) is 0 Å². The van der Waals surface area contributed by atoms with Crippen LogP contribution in [-0.4, -0.2) is 36.4 Å². The van der Waals surface area contributed by atoms with Crippen molar-refractivity contribution in [2.75, 3.05) is 13.2 Å². The molecule has 0 radical (unpaired) electrons. The molecule has 0 aromatic rings. The van der Waals surface area contributed by atoms with Crippen LogP contribution in [0.25, 0.3) is 0 Å². The number of unbranched alkanes of at least 4 members (excludes halogenated alkanes) is 29. The number of allylic oxidation sites excluding steroid dienone is 30. The number of carbonyl (C=O) groups is 2. The van der Waals surface area contributed by atoms with Crippen LogP contribution in [0.15, 0.2) is 182 Å². The average molecular weight is 1240 g/mol. The Morgan fingerprint density at radius 2 is 0.444 bits per heavy atom. The molecule has 1 N–H and O–H groups in total. The van der Waals surface area contributed by atoms with Gasteiger partial charge >= 0.3 is 11.9 Å². The number of esters is 2. The molecule has 0 aliphatic rings. The summed E-state index contributed by atoms with van der Waals surface area (Å²) in [6.07, 6.45) is 122. The molecule has 5 nitrogen and oxygen atoms in total. The summed E-state index contributed by atoms with van der Waals surface area (Å²) in [5.74, 6) is -0.603. The van der Waals surface area contributed by atoms with Gasteiger partial charge in [-0.15, -0.1) is 0 Å². The quantitative estimate of drug-likeness (QED) is 0.0373. The van der Waals surface area contributed by atoms with Crippen molar-refractivity contribution in [2.24, 2.45) is 0 Å². The molecule has 0 bridgehead atoms. The zero-order chi connectivity index (χ0) is 64.7. The molecule has 0 amide bonds. The lowest BCUT2D eigenvalue weighted by Gasteiger charge is -2.15. The summed E-state index contributed by atoms with van der Waals surface area (Å²) >= 11 is 0. The molecule has 0 saturated carbocycles. The smallest absolute Gasteiger partial charge is 0.306 e. The van der Waals surface area contributed by atoms with Crippen LogP contribution in [0.3, 0.4) is 0 Å². The SMILES string of the molecule is CC/C=C\C/C=C\C/C=C\C/C=C\C/C=C\C/C=C\C/C=C\C/C=C\C/C=C\C/C=C\C/C=C\CCCCCCCCCC(=O)OC(CO)COC(=O)CCCCCCCCCCCCCCCCCCCCCCCC/C=C\C/C=C\C/C=C\C/C=C\CC. The van der Waals surface area contributed by atoms with E-state index in [1.165, 1.54) is 154 Å². The first-order valence-electron chi connectivity index (χ1n) is 37.3. The number of aliphatic hydroxyl groups excluding tert-OH is 1. The first-order valence-corrected chi connectivity index (χ1v) is 37.3. The summed E-state index contributed by atoms with van der Waals surface area (Å²) in [5.41, 5.74) is 0. The monoisotopic (exact) mass is 1240 g/mol. The highest BCUT2D eigenvalue weighted by molar-refractivity contribution is 5.70. The molecule has 0 rings (SSSR count). The molecule has 0 aliphatic heterocycles. The van der Waals surface area contributed by atoms with E-state index < -0.39 is 6.10 Å². The average Bonchev–Trinajstić information content (AvgIpc) is 3.60. The zero-order valence-electron chi connectivity index (χ0n) is 58.3. The Balaban J connectivity index is 3.54. The van der Waals surface area contributed by atoms with Crippen molar-refractivity contribution in [2.45, 2.75) is 328 Å². The van der Waals surface area contributed by atoms with Gasteiger partial charge in [0.2, 0.25) is 0 Å². The standard InChI is InChI=1S/C85H138O5/c1-3-5-7-9-11-13-15-17-19-21-23-25-27-29-31-33-35-37-39-40-41-42-43-44-46-48-50-52-54-56-58-60-62-64-66-68-70-72-74-76-78-80-85(88)90-83(81-86)82-89-84(87)79-77-75-73-71-69-67-65-63-61-59-57-55-53-51-49-47-45-38-36-34-32-30-28-26-24-22-20-18-16-14-12-10-8-6-4-2/h5-8,11-14,17-20,23-26,29,31,35,37,40-41,43-44,48,50,54,56,60,62,83,86H,3-4,9-10,15-16,21-22,27-28,30,32-34,36,38-39,42,45-47,49,51-53,55,57-59,61,63-82H2,1-2H3/b7-5-,8-6-,13-11-,14-12-,19-17-,20-18-,25-23-,26-24-,31-29-,37-35-,41-40-,44-43-,50-48-,56-54-,62-60-. The summed E-state index contributed by atoms with van der Waals surface area (Å²) in [5, 5.41) is 9.72. The first kappa shape index (κ1) is 85.0. The van der Waals surface area contributed by atoms with Gasteiger partial charge in [-0.1, -0.05) is 357 Å². The minimum absolute atomic E-state index is 0.0771. The molecule has 0 fully saturated rings. The third kappa shape index (κ3) is 75.5. The maximum absolute atomic E-state index is 12.4. The van der Waals surface area contributed by atoms with E-state index in [-0.39, 0.29) is 25.2 Å². The van der Waals surface area contributed by atoms with E-state index in [4.69, 9.17) is 9.47 Å². The largest absolute Gasteiger partial charge is 0.462 e. The minimum atomic E-state index is -0.791. The van der Waals surface area contributed by atoms with Gasteiger partial charge in [0.25, 0.3) is 0 Å². The van der Waals surface area contributed by atoms with Gasteiger partial charge in [-0.25, -0.2) is 0 Å². The maximum atomic E-state index is 12.4. The van der Waals surface area contributed by atoms with Crippen molar-refractivity contribution in [1.82, 2.24) is 0 Å². The molecule has 1 unspecified atom stereocenters. The molecule has 90 heavy (non-hydrogen) atoms. The molecule has 0 aromatic carbocycles. The van der Waals surface area contributed by atoms with Crippen LogP contribution < -0.4 is 0 Å². The molecule has 0 spiro atoms. The fraction of sp³-hybridized carbons (Fsp3) is 0.624. The molecule has 1 atom stereocenters. The second-order valence-electron chi connectivity index (χ2n) is 24.3. The van der Waals surface area contributed by atoms with E-state index in [9.17, 15) is 14.7 Å². The lowest BCUT2D eigenvalue weighted by atomic mass is 10.0. The Labute approximate surface area is 556 Å². The Hall–Kier alpha value is -5.00. The zero-order valence-corrected chi connectivity index (χ0v) is 58.3. The molecule has 0 aromatic heterocycles. The lowest BCUT2D eigenvalue weighted by molar-refractivity contribution is -0.161. The Morgan fingerprint density at radius 1 is 0.256 bits per heavy atom. The fourth-order valence-corrected chi connectivity index (χ4v) is 10.2. The summed E-state index contributed by atoms with van der Waals surface area (Å²) in [7, 11) is 0. The van der Waals surface area contributed by atoms with Crippen LogP contribution in [0.1, 0.15) is 322 Å². The van der Waals surface area contributed by atoms with Gasteiger partial charge in [-0.3, -0.25) is 9.59 Å². The van der Waals surface area contributed by atoms with E-state index in [1.54, 1.807) is 0 Å². The van der Waals surface area contributed by atoms with Gasteiger partial charge in [0.05, 0.1) is 6.61 Å². The van der Waals surface area contributed by atoms with Crippen molar-refractivity contribution < 1.29 is 24.2 Å². The highest BCUT2D eigenvalue weighted by atomic mass is 16.6. The summed E-state index contributed by atoms with van der Waals surface area (Å²) in [4.78, 5) is 24.7. The fourth-order valence-electron chi connectivity index (χ4n) is 10.2. The lowest BCUT2D eigenvalue weighted by Crippen LogP contribution is -2.28. The van der Waals surface area contributed by atoms with Crippen molar-refractivity contribution in [3.63, 3.8) is 0 Å². The summed E-state index contributed by atoms with van der Waals surface area (Å²) < 4.78 is 10.8. The number of aliphatic hydroxyl groups is 1. The second kappa shape index (κ2) is 78.2. The molecule has 0 aliphatic carbocycles. The van der Waals surface area contributed by atoms with Crippen LogP contribution in [-0.2, 0) is 19.1 Å². The summed E-state index contributed by atoms with van der Waals surface area (Å²) in [6.45, 7) is 3.92. The molecule has 0 heterocycles. The second-order valence-corrected chi connectivity index (χ2v) is 24.3. The van der Waals surface area contributed by atoms with Gasteiger partial charge in [0, 0.05) is 12.8 Å². The number of ether oxygens (including phenoxy) is 2. The van der Waals surface area contributed by atoms with Crippen LogP contribution in [0.5, 0.6) is 0 Å². The van der Waals surface area contributed by atoms with E-state index in [0.29, 0.717) is 12.8 Å². The van der Waals surface area contributed by atoms with Gasteiger partial charge in [0.15, 0.2) is 6.10 Å². The highest BCUT2D eigenvalue weighted by Gasteiger charge is 2.16. The van der Waals surface area contributed by atoms with Gasteiger partial charge in [-0.05, 0) is 135 Å². The highest BCUT2D eigenvalue weighted by Crippen LogP contribution is 2.17. The Morgan fingerprint density at radius 3 is 0.667 bits per heavy atom. The topological polar surface area (TPSA) is 72.8 Å². The van der Waals surface area contributed by atoms with Crippen LogP contribution in [0.2, 0.25) is 0 Å². The van der Waals surface area contributed by atoms with Crippen LogP contribution >= 0.6 is 0 Å². The number of carbonyl (C=O) groups excluding carboxylic acids is 2. The van der Waals surface area contributed by atoms with Crippen molar-refractivity contribution in [3.8, 4) is 0 Å². The van der Waals surface area contributed by atoms with E-state index >= 15 is 0 Å². The van der Waals surface area contributed by atoms with Crippen LogP contribution in [0, 0.1) is 0 Å². The van der Waals surface area contributed by atoms with Gasteiger partial charge < -0.3 is 14.6 Å². The normalized spacial score (nSPS) is 13.3. The molecule has 0 saturated heterocycles. The van der Waals surface area contributed by atoms with Crippen LogP contribution in [0.4, 0.5) is 0 Å². The summed E-state index contributed by atoms with van der Waals surface area (Å²) in [6, 6.07) is 0. The number of rotatable bonds is 67. The third-order valence-electron chi connectivity index (χ3n) is 15.7. The number of hydrogen-bond acceptors (Lipinski definition) is 5. The molecular weight excluding hydrogens is 1100 g/mol. The number of hydrogen-bond donors (Lipinski definition) is 1. The molecule has 5 heteroatoms. The van der Waals surface area contributed by atoms with E-state index in [0.717, 1.165) is 141 Å². The predicted molar refractivity (Wildman–Crippen MR) is 398 cm³/mol. The third-order valence-corrected chi connectivity index (χ3v) is 15.7. The Bertz CT molecular complexity index is 1990. The molecule has 508 valence electrons. The Kier molecular flexibility index (Phi) is 73.9. The van der Waals surface area contributed by atoms with Crippen molar-refractivity contribution in [3.05, 3.63) is 182 Å². The van der Waals surface area contributed by atoms with E-state index in [2.05, 4.69) is 196 Å². The van der Waals surface area contributed by atoms with E-state index in [1.807, 2.05) is 0 Å². The maximum Gasteiger partial charge on any atom is 0.306 e. The predicted octanol–water partition coefficient (Wildman–Crippen LogP) is 26.5. The van der Waals surface area contributed by atoms with Crippen molar-refractivity contribution >= 4 is 11.9 Å². The first-order chi connectivity index (χ1) is 44.6. The molecular formula is C85H138O5. The minimum Gasteiger partial charge on any atom is -0.462 e.